The number of aryl methyl sites for hydroxylation is 1. The van der Waals surface area contributed by atoms with E-state index in [0.717, 1.165) is 37.4 Å². The molecule has 1 unspecified atom stereocenters. The molecule has 21 heavy (non-hydrogen) atoms. The van der Waals surface area contributed by atoms with Gasteiger partial charge in [0.1, 0.15) is 5.75 Å². The van der Waals surface area contributed by atoms with Crippen molar-refractivity contribution in [3.63, 3.8) is 0 Å². The summed E-state index contributed by atoms with van der Waals surface area (Å²) >= 11 is 0. The van der Waals surface area contributed by atoms with Crippen molar-refractivity contribution in [1.29, 1.82) is 0 Å². The Morgan fingerprint density at radius 3 is 2.81 bits per heavy atom. The van der Waals surface area contributed by atoms with Crippen molar-refractivity contribution in [1.82, 2.24) is 20.3 Å². The van der Waals surface area contributed by atoms with Crippen LogP contribution in [0, 0.1) is 0 Å². The molecule has 114 valence electrons. The van der Waals surface area contributed by atoms with E-state index in [4.69, 9.17) is 4.74 Å². The molecule has 5 heteroatoms. The van der Waals surface area contributed by atoms with Crippen molar-refractivity contribution >= 4 is 0 Å². The first-order valence-electron chi connectivity index (χ1n) is 7.57. The number of aromatic nitrogens is 3. The van der Waals surface area contributed by atoms with Gasteiger partial charge in [-0.25, -0.2) is 0 Å². The van der Waals surface area contributed by atoms with E-state index in [9.17, 15) is 0 Å². The number of hydrogen-bond donors (Lipinski definition) is 1. The molecule has 0 spiro atoms. The lowest BCUT2D eigenvalue weighted by molar-refractivity contribution is 0.317. The molecule has 0 aliphatic rings. The summed E-state index contributed by atoms with van der Waals surface area (Å²) in [4.78, 5) is 0. The highest BCUT2D eigenvalue weighted by molar-refractivity contribution is 5.34. The Bertz CT molecular complexity index is 553. The number of rotatable bonds is 8. The molecule has 0 bridgehead atoms. The first-order chi connectivity index (χ1) is 10.3. The summed E-state index contributed by atoms with van der Waals surface area (Å²) in [7, 11) is 1.92. The van der Waals surface area contributed by atoms with Gasteiger partial charge in [-0.2, -0.15) is 0 Å². The van der Waals surface area contributed by atoms with Crippen LogP contribution in [0.25, 0.3) is 0 Å². The predicted molar refractivity (Wildman–Crippen MR) is 83.4 cm³/mol. The summed E-state index contributed by atoms with van der Waals surface area (Å²) in [6, 6.07) is 8.31. The quantitative estimate of drug-likeness (QED) is 0.811. The second-order valence-corrected chi connectivity index (χ2v) is 5.09. The van der Waals surface area contributed by atoms with Crippen LogP contribution in [0.1, 0.15) is 44.0 Å². The Morgan fingerprint density at radius 2 is 2.14 bits per heavy atom. The number of nitrogens with zero attached hydrogens (tertiary/aromatic N) is 3. The average Bonchev–Trinajstić information content (AvgIpc) is 2.92. The fourth-order valence-corrected chi connectivity index (χ4v) is 2.24. The van der Waals surface area contributed by atoms with Gasteiger partial charge >= 0.3 is 0 Å². The maximum absolute atomic E-state index is 5.73. The fraction of sp³-hybridized carbons (Fsp3) is 0.500. The highest BCUT2D eigenvalue weighted by atomic mass is 16.5. The van der Waals surface area contributed by atoms with Crippen LogP contribution in [0.15, 0.2) is 30.5 Å². The highest BCUT2D eigenvalue weighted by Gasteiger charge is 2.17. The average molecular weight is 288 g/mol. The monoisotopic (exact) mass is 288 g/mol. The molecule has 2 rings (SSSR count). The Balaban J connectivity index is 2.26. The van der Waals surface area contributed by atoms with Crippen molar-refractivity contribution in [3.05, 3.63) is 41.7 Å². The smallest absolute Gasteiger partial charge is 0.119 e. The van der Waals surface area contributed by atoms with Crippen molar-refractivity contribution in [2.45, 2.75) is 32.7 Å². The lowest BCUT2D eigenvalue weighted by Crippen LogP contribution is -2.25. The van der Waals surface area contributed by atoms with E-state index in [-0.39, 0.29) is 6.04 Å². The van der Waals surface area contributed by atoms with Gasteiger partial charge in [-0.3, -0.25) is 4.68 Å². The molecular weight excluding hydrogens is 264 g/mol. The van der Waals surface area contributed by atoms with Crippen LogP contribution in [0.5, 0.6) is 5.75 Å². The predicted octanol–water partition coefficient (Wildman–Crippen LogP) is 2.69. The lowest BCUT2D eigenvalue weighted by Gasteiger charge is -2.19. The topological polar surface area (TPSA) is 52.0 Å². The zero-order valence-electron chi connectivity index (χ0n) is 13.0. The third-order valence-corrected chi connectivity index (χ3v) is 3.31. The number of hydrogen-bond acceptors (Lipinski definition) is 4. The molecular formula is C16H24N4O. The fourth-order valence-electron chi connectivity index (χ4n) is 2.24. The summed E-state index contributed by atoms with van der Waals surface area (Å²) in [5.41, 5.74) is 2.22. The van der Waals surface area contributed by atoms with E-state index >= 15 is 0 Å². The molecule has 0 fully saturated rings. The first kappa shape index (κ1) is 15.5. The van der Waals surface area contributed by atoms with E-state index in [0.29, 0.717) is 0 Å². The molecule has 0 amide bonds. The number of nitrogens with one attached hydrogen (secondary N) is 1. The van der Waals surface area contributed by atoms with Gasteiger partial charge < -0.3 is 10.1 Å². The van der Waals surface area contributed by atoms with Gasteiger partial charge in [0, 0.05) is 7.05 Å². The SMILES string of the molecule is CCCNC(c1cccc(OCCC)c1)c1cnnn1C. The number of ether oxygens (including phenoxy) is 1. The maximum atomic E-state index is 5.73. The van der Waals surface area contributed by atoms with E-state index in [1.807, 2.05) is 30.1 Å². The third kappa shape index (κ3) is 4.04. The molecule has 0 aliphatic heterocycles. The minimum atomic E-state index is 0.0788. The van der Waals surface area contributed by atoms with Gasteiger partial charge in [0.15, 0.2) is 0 Å². The highest BCUT2D eigenvalue weighted by Crippen LogP contribution is 2.24. The number of benzene rings is 1. The standard InChI is InChI=1S/C16H24N4O/c1-4-9-17-16(15-12-18-19-20(15)3)13-7-6-8-14(11-13)21-10-5-2/h6-8,11-12,16-17H,4-5,9-10H2,1-3H3. The zero-order chi connectivity index (χ0) is 15.1. The van der Waals surface area contributed by atoms with Crippen LogP contribution >= 0.6 is 0 Å². The second kappa shape index (κ2) is 7.78. The summed E-state index contributed by atoms with van der Waals surface area (Å²) in [6.07, 6.45) is 3.90. The van der Waals surface area contributed by atoms with Crippen LogP contribution in [0.3, 0.4) is 0 Å². The molecule has 0 aliphatic carbocycles. The molecule has 0 saturated carbocycles. The van der Waals surface area contributed by atoms with Crippen molar-refractivity contribution < 1.29 is 4.74 Å². The third-order valence-electron chi connectivity index (χ3n) is 3.31. The van der Waals surface area contributed by atoms with Gasteiger partial charge in [0.25, 0.3) is 0 Å². The molecule has 5 nitrogen and oxygen atoms in total. The van der Waals surface area contributed by atoms with E-state index in [1.165, 1.54) is 5.56 Å². The lowest BCUT2D eigenvalue weighted by atomic mass is 10.0. The van der Waals surface area contributed by atoms with Gasteiger partial charge in [0.05, 0.1) is 24.5 Å². The summed E-state index contributed by atoms with van der Waals surface area (Å²) in [6.45, 7) is 5.95. The van der Waals surface area contributed by atoms with Crippen LogP contribution in [-0.2, 0) is 7.05 Å². The summed E-state index contributed by atoms with van der Waals surface area (Å²) in [5, 5.41) is 11.6. The van der Waals surface area contributed by atoms with Crippen LogP contribution in [-0.4, -0.2) is 28.1 Å². The van der Waals surface area contributed by atoms with Crippen molar-refractivity contribution in [2.75, 3.05) is 13.2 Å². The molecule has 1 heterocycles. The first-order valence-corrected chi connectivity index (χ1v) is 7.57. The molecule has 2 aromatic rings. The van der Waals surface area contributed by atoms with E-state index < -0.39 is 0 Å². The zero-order valence-corrected chi connectivity index (χ0v) is 13.0. The summed E-state index contributed by atoms with van der Waals surface area (Å²) in [5.74, 6) is 0.910. The van der Waals surface area contributed by atoms with E-state index in [2.05, 4.69) is 41.6 Å². The van der Waals surface area contributed by atoms with E-state index in [1.54, 1.807) is 0 Å². The Morgan fingerprint density at radius 1 is 1.29 bits per heavy atom. The summed E-state index contributed by atoms with van der Waals surface area (Å²) < 4.78 is 7.54. The van der Waals surface area contributed by atoms with Crippen molar-refractivity contribution in [3.8, 4) is 5.75 Å². The Labute approximate surface area is 126 Å². The molecule has 0 radical (unpaired) electrons. The van der Waals surface area contributed by atoms with Crippen LogP contribution < -0.4 is 10.1 Å². The van der Waals surface area contributed by atoms with Gasteiger partial charge in [-0.05, 0) is 37.1 Å². The van der Waals surface area contributed by atoms with Gasteiger partial charge in [-0.15, -0.1) is 5.10 Å². The van der Waals surface area contributed by atoms with Crippen LogP contribution in [0.4, 0.5) is 0 Å². The Hall–Kier alpha value is -1.88. The Kier molecular flexibility index (Phi) is 5.75. The second-order valence-electron chi connectivity index (χ2n) is 5.09. The molecule has 1 aromatic carbocycles. The van der Waals surface area contributed by atoms with Gasteiger partial charge in [-0.1, -0.05) is 31.2 Å². The van der Waals surface area contributed by atoms with Gasteiger partial charge in [0.2, 0.25) is 0 Å². The molecule has 1 N–H and O–H groups in total. The van der Waals surface area contributed by atoms with Crippen LogP contribution in [0.2, 0.25) is 0 Å². The molecule has 1 atom stereocenters. The maximum Gasteiger partial charge on any atom is 0.119 e. The normalized spacial score (nSPS) is 12.3. The molecule has 1 aromatic heterocycles. The largest absolute Gasteiger partial charge is 0.494 e. The minimum absolute atomic E-state index is 0.0788. The van der Waals surface area contributed by atoms with Crippen molar-refractivity contribution in [2.24, 2.45) is 7.05 Å². The minimum Gasteiger partial charge on any atom is -0.494 e. The molecule has 0 saturated heterocycles.